The van der Waals surface area contributed by atoms with Crippen molar-refractivity contribution in [3.05, 3.63) is 70.5 Å². The molecule has 0 saturated heterocycles. The van der Waals surface area contributed by atoms with Gasteiger partial charge in [0.1, 0.15) is 0 Å². The van der Waals surface area contributed by atoms with E-state index in [1.807, 2.05) is 48.9 Å². The second-order valence-corrected chi connectivity index (χ2v) is 8.53. The molecule has 0 bridgehead atoms. The third-order valence-electron chi connectivity index (χ3n) is 4.08. The van der Waals surface area contributed by atoms with Gasteiger partial charge in [0.15, 0.2) is 0 Å². The van der Waals surface area contributed by atoms with Crippen LogP contribution in [0.2, 0.25) is 10.0 Å². The Kier molecular flexibility index (Phi) is 7.30. The van der Waals surface area contributed by atoms with Crippen LogP contribution in [-0.4, -0.2) is 23.4 Å². The van der Waals surface area contributed by atoms with Crippen LogP contribution in [0, 0.1) is 0 Å². The minimum Gasteiger partial charge on any atom is -0.326 e. The van der Waals surface area contributed by atoms with Gasteiger partial charge in [-0.05, 0) is 54.5 Å². The number of halogens is 2. The number of hydrogen-bond donors (Lipinski definition) is 1. The molecule has 0 aliphatic heterocycles. The number of rotatable bonds is 6. The number of carbonyl (C=O) groups excluding carboxylic acids is 1. The van der Waals surface area contributed by atoms with Gasteiger partial charge in [0.05, 0.1) is 16.5 Å². The molecule has 0 unspecified atom stereocenters. The molecular weight excluding hydrogens is 431 g/mol. The molecule has 0 spiro atoms. The Bertz CT molecular complexity index is 954. The molecule has 1 N–H and O–H groups in total. The Morgan fingerprint density at radius 2 is 1.57 bits per heavy atom. The molecule has 0 aliphatic rings. The zero-order valence-corrected chi connectivity index (χ0v) is 18.5. The van der Waals surface area contributed by atoms with Crippen LogP contribution < -0.4 is 5.32 Å². The summed E-state index contributed by atoms with van der Waals surface area (Å²) in [6, 6.07) is 15.3. The van der Waals surface area contributed by atoms with Gasteiger partial charge >= 0.3 is 0 Å². The summed E-state index contributed by atoms with van der Waals surface area (Å²) in [5, 5.41) is 3.82. The Hall–Kier alpha value is -1.66. The van der Waals surface area contributed by atoms with Crippen molar-refractivity contribution in [2.24, 2.45) is 0 Å². The summed E-state index contributed by atoms with van der Waals surface area (Å²) >= 11 is 16.2. The molecule has 3 aromatic rings. The van der Waals surface area contributed by atoms with Gasteiger partial charge in [-0.15, -0.1) is 23.5 Å². The number of carbonyl (C=O) groups is 1. The number of aromatic nitrogens is 1. The van der Waals surface area contributed by atoms with Gasteiger partial charge in [-0.25, -0.2) is 0 Å². The van der Waals surface area contributed by atoms with Gasteiger partial charge in [-0.3, -0.25) is 9.78 Å². The zero-order valence-electron chi connectivity index (χ0n) is 15.3. The van der Waals surface area contributed by atoms with Crippen molar-refractivity contribution in [3.8, 4) is 11.1 Å². The summed E-state index contributed by atoms with van der Waals surface area (Å²) < 4.78 is 0. The largest absolute Gasteiger partial charge is 0.326 e. The lowest BCUT2D eigenvalue weighted by Crippen LogP contribution is -2.15. The predicted octanol–water partition coefficient (Wildman–Crippen LogP) is 6.68. The molecule has 144 valence electrons. The Labute approximate surface area is 183 Å². The quantitative estimate of drug-likeness (QED) is 0.426. The molecule has 3 rings (SSSR count). The van der Waals surface area contributed by atoms with Gasteiger partial charge < -0.3 is 5.32 Å². The van der Waals surface area contributed by atoms with Crippen LogP contribution in [0.5, 0.6) is 0 Å². The van der Waals surface area contributed by atoms with Crippen LogP contribution in [-0.2, 0) is 11.2 Å². The van der Waals surface area contributed by atoms with Gasteiger partial charge in [0.25, 0.3) is 0 Å². The minimum atomic E-state index is -0.173. The highest BCUT2D eigenvalue weighted by molar-refractivity contribution is 7.98. The monoisotopic (exact) mass is 448 g/mol. The molecule has 3 nitrogen and oxygen atoms in total. The van der Waals surface area contributed by atoms with E-state index in [4.69, 9.17) is 23.2 Å². The van der Waals surface area contributed by atoms with E-state index in [9.17, 15) is 4.79 Å². The lowest BCUT2D eigenvalue weighted by atomic mass is 10.1. The Morgan fingerprint density at radius 1 is 0.964 bits per heavy atom. The summed E-state index contributed by atoms with van der Waals surface area (Å²) in [4.78, 5) is 18.9. The zero-order chi connectivity index (χ0) is 20.1. The third-order valence-corrected chi connectivity index (χ3v) is 6.13. The molecule has 0 aliphatic carbocycles. The van der Waals surface area contributed by atoms with Crippen LogP contribution in [0.4, 0.5) is 5.69 Å². The first-order valence-corrected chi connectivity index (χ1v) is 11.6. The first-order chi connectivity index (χ1) is 13.5. The lowest BCUT2D eigenvalue weighted by Gasteiger charge is -2.12. The number of hydrogen-bond acceptors (Lipinski definition) is 4. The molecule has 1 amide bonds. The molecule has 0 fully saturated rings. The molecule has 7 heteroatoms. The van der Waals surface area contributed by atoms with E-state index in [1.165, 1.54) is 4.90 Å². The van der Waals surface area contributed by atoms with Crippen molar-refractivity contribution in [2.45, 2.75) is 16.2 Å². The fourth-order valence-corrected chi connectivity index (χ4v) is 4.16. The maximum atomic E-state index is 12.3. The van der Waals surface area contributed by atoms with Gasteiger partial charge in [0.2, 0.25) is 5.91 Å². The number of benzene rings is 2. The number of anilines is 1. The van der Waals surface area contributed by atoms with E-state index in [1.54, 1.807) is 41.9 Å². The molecular formula is C21H18Cl2N2OS2. The molecule has 28 heavy (non-hydrogen) atoms. The topological polar surface area (TPSA) is 42.0 Å². The van der Waals surface area contributed by atoms with Gasteiger partial charge in [-0.2, -0.15) is 0 Å². The molecule has 2 aromatic carbocycles. The summed E-state index contributed by atoms with van der Waals surface area (Å²) in [5.74, 6) is -0.173. The normalized spacial score (nSPS) is 10.7. The fraction of sp³-hybridized carbons (Fsp3) is 0.143. The Balaban J connectivity index is 1.74. The van der Waals surface area contributed by atoms with E-state index < -0.39 is 0 Å². The summed E-state index contributed by atoms with van der Waals surface area (Å²) in [6.07, 6.45) is 5.96. The second kappa shape index (κ2) is 9.70. The highest BCUT2D eigenvalue weighted by atomic mass is 35.5. The summed E-state index contributed by atoms with van der Waals surface area (Å²) in [5.41, 5.74) is 2.95. The SMILES string of the molecule is CSc1ccc(-c2c(Cl)cc(NC(=O)Cc3ccc(SC)cn3)cc2Cl)cc1. The van der Waals surface area contributed by atoms with E-state index in [-0.39, 0.29) is 12.3 Å². The van der Waals surface area contributed by atoms with Gasteiger partial charge in [0, 0.05) is 32.9 Å². The molecule has 1 aromatic heterocycles. The van der Waals surface area contributed by atoms with E-state index in [2.05, 4.69) is 10.3 Å². The Morgan fingerprint density at radius 3 is 2.11 bits per heavy atom. The third kappa shape index (κ3) is 5.23. The number of thioether (sulfide) groups is 2. The molecule has 0 atom stereocenters. The number of nitrogens with zero attached hydrogens (tertiary/aromatic N) is 1. The van der Waals surface area contributed by atoms with Crippen LogP contribution in [0.1, 0.15) is 5.69 Å². The number of nitrogens with one attached hydrogen (secondary N) is 1. The van der Waals surface area contributed by atoms with Gasteiger partial charge in [-0.1, -0.05) is 35.3 Å². The first kappa shape index (κ1) is 21.1. The van der Waals surface area contributed by atoms with E-state index in [0.717, 1.165) is 16.0 Å². The lowest BCUT2D eigenvalue weighted by molar-refractivity contribution is -0.115. The van der Waals surface area contributed by atoms with Crippen molar-refractivity contribution >= 4 is 58.3 Å². The summed E-state index contributed by atoms with van der Waals surface area (Å²) in [7, 11) is 0. The average Bonchev–Trinajstić information content (AvgIpc) is 2.68. The van der Waals surface area contributed by atoms with E-state index >= 15 is 0 Å². The fourth-order valence-electron chi connectivity index (χ4n) is 2.68. The average molecular weight is 449 g/mol. The predicted molar refractivity (Wildman–Crippen MR) is 122 cm³/mol. The first-order valence-electron chi connectivity index (χ1n) is 8.42. The highest BCUT2D eigenvalue weighted by Crippen LogP contribution is 2.38. The second-order valence-electron chi connectivity index (χ2n) is 5.96. The minimum absolute atomic E-state index is 0.173. The number of amides is 1. The molecule has 1 heterocycles. The van der Waals surface area contributed by atoms with Crippen molar-refractivity contribution in [1.29, 1.82) is 0 Å². The van der Waals surface area contributed by atoms with Crippen molar-refractivity contribution in [2.75, 3.05) is 17.8 Å². The van der Waals surface area contributed by atoms with Crippen LogP contribution in [0.25, 0.3) is 11.1 Å². The smallest absolute Gasteiger partial charge is 0.230 e. The van der Waals surface area contributed by atoms with Crippen LogP contribution in [0.3, 0.4) is 0 Å². The standard InChI is InChI=1S/C21H18Cl2N2OS2/c1-27-16-6-3-13(4-7-16)21-18(22)9-15(10-19(21)23)25-20(26)11-14-5-8-17(28-2)12-24-14/h3-10,12H,11H2,1-2H3,(H,25,26). The highest BCUT2D eigenvalue weighted by Gasteiger charge is 2.13. The van der Waals surface area contributed by atoms with Crippen molar-refractivity contribution in [1.82, 2.24) is 4.98 Å². The van der Waals surface area contributed by atoms with Crippen LogP contribution >= 0.6 is 46.7 Å². The van der Waals surface area contributed by atoms with E-state index in [0.29, 0.717) is 21.4 Å². The maximum absolute atomic E-state index is 12.3. The maximum Gasteiger partial charge on any atom is 0.230 e. The molecule has 0 radical (unpaired) electrons. The van der Waals surface area contributed by atoms with Crippen molar-refractivity contribution in [3.63, 3.8) is 0 Å². The molecule has 0 saturated carbocycles. The van der Waals surface area contributed by atoms with Crippen LogP contribution in [0.15, 0.2) is 64.5 Å². The van der Waals surface area contributed by atoms with Crippen molar-refractivity contribution < 1.29 is 4.79 Å². The summed E-state index contributed by atoms with van der Waals surface area (Å²) in [6.45, 7) is 0. The number of pyridine rings is 1.